The lowest BCUT2D eigenvalue weighted by molar-refractivity contribution is -0.133. The summed E-state index contributed by atoms with van der Waals surface area (Å²) in [5.41, 5.74) is 4.76. The van der Waals surface area contributed by atoms with E-state index in [-0.39, 0.29) is 5.91 Å². The molecule has 0 saturated carbocycles. The summed E-state index contributed by atoms with van der Waals surface area (Å²) in [7, 11) is 2.01. The van der Waals surface area contributed by atoms with E-state index in [1.807, 2.05) is 34.8 Å². The van der Waals surface area contributed by atoms with Crippen molar-refractivity contribution in [1.82, 2.24) is 19.6 Å². The van der Waals surface area contributed by atoms with E-state index < -0.39 is 0 Å². The monoisotopic (exact) mass is 354 g/mol. The van der Waals surface area contributed by atoms with Gasteiger partial charge < -0.3 is 9.64 Å². The first-order valence-electron chi connectivity index (χ1n) is 9.40. The quantitative estimate of drug-likeness (QED) is 0.835. The summed E-state index contributed by atoms with van der Waals surface area (Å²) < 4.78 is 7.36. The number of carbonyl (C=O) groups excluding carboxylic acids is 1. The van der Waals surface area contributed by atoms with E-state index in [1.165, 1.54) is 11.3 Å². The molecule has 1 saturated heterocycles. The van der Waals surface area contributed by atoms with Gasteiger partial charge in [0.25, 0.3) is 0 Å². The van der Waals surface area contributed by atoms with Crippen LogP contribution in [0, 0.1) is 0 Å². The molecule has 26 heavy (non-hydrogen) atoms. The van der Waals surface area contributed by atoms with Crippen LogP contribution in [-0.2, 0) is 29.4 Å². The number of ether oxygens (including phenoxy) is 1. The maximum Gasteiger partial charge on any atom is 0.236 e. The van der Waals surface area contributed by atoms with Crippen LogP contribution in [0.2, 0.25) is 0 Å². The van der Waals surface area contributed by atoms with Crippen molar-refractivity contribution >= 4 is 5.91 Å². The van der Waals surface area contributed by atoms with E-state index in [4.69, 9.17) is 9.84 Å². The molecule has 4 rings (SSSR count). The number of morpholine rings is 1. The Bertz CT molecular complexity index is 766. The van der Waals surface area contributed by atoms with Gasteiger partial charge >= 0.3 is 0 Å². The average Bonchev–Trinajstić information content (AvgIpc) is 2.85. The van der Waals surface area contributed by atoms with Crippen molar-refractivity contribution in [3.63, 3.8) is 0 Å². The van der Waals surface area contributed by atoms with Gasteiger partial charge in [-0.2, -0.15) is 5.10 Å². The lowest BCUT2D eigenvalue weighted by Gasteiger charge is -2.29. The molecular weight excluding hydrogens is 328 g/mol. The first-order valence-corrected chi connectivity index (χ1v) is 9.40. The first-order chi connectivity index (χ1) is 12.7. The lowest BCUT2D eigenvalue weighted by atomic mass is 10.0. The Morgan fingerprint density at radius 1 is 1.08 bits per heavy atom. The summed E-state index contributed by atoms with van der Waals surface area (Å²) in [6.07, 6.45) is 1.72. The van der Waals surface area contributed by atoms with Crippen LogP contribution in [0.3, 0.4) is 0 Å². The first kappa shape index (κ1) is 17.2. The number of benzene rings is 1. The van der Waals surface area contributed by atoms with Crippen LogP contribution >= 0.6 is 0 Å². The maximum absolute atomic E-state index is 12.8. The molecule has 1 fully saturated rings. The average molecular weight is 354 g/mol. The van der Waals surface area contributed by atoms with Gasteiger partial charge in [-0.15, -0.1) is 0 Å². The highest BCUT2D eigenvalue weighted by atomic mass is 16.5. The second-order valence-electron chi connectivity index (χ2n) is 7.03. The number of carbonyl (C=O) groups is 1. The van der Waals surface area contributed by atoms with Crippen LogP contribution in [0.1, 0.15) is 11.3 Å². The van der Waals surface area contributed by atoms with Gasteiger partial charge in [0.15, 0.2) is 0 Å². The van der Waals surface area contributed by atoms with Gasteiger partial charge in [-0.25, -0.2) is 0 Å². The molecule has 2 aromatic rings. The Labute approximate surface area is 154 Å². The molecule has 0 atom stereocenters. The van der Waals surface area contributed by atoms with Crippen LogP contribution < -0.4 is 0 Å². The van der Waals surface area contributed by atoms with Gasteiger partial charge in [-0.05, 0) is 6.42 Å². The van der Waals surface area contributed by atoms with E-state index in [9.17, 15) is 4.79 Å². The zero-order chi connectivity index (χ0) is 17.9. The molecule has 6 heteroatoms. The van der Waals surface area contributed by atoms with Gasteiger partial charge in [-0.1, -0.05) is 30.3 Å². The Balaban J connectivity index is 1.48. The van der Waals surface area contributed by atoms with Gasteiger partial charge in [0.05, 0.1) is 25.5 Å². The van der Waals surface area contributed by atoms with Crippen molar-refractivity contribution in [2.24, 2.45) is 7.05 Å². The van der Waals surface area contributed by atoms with Gasteiger partial charge in [0.1, 0.15) is 0 Å². The molecule has 1 aromatic carbocycles. The van der Waals surface area contributed by atoms with Gasteiger partial charge in [0, 0.05) is 56.5 Å². The minimum atomic E-state index is 0.230. The van der Waals surface area contributed by atoms with E-state index >= 15 is 0 Å². The Morgan fingerprint density at radius 3 is 2.58 bits per heavy atom. The summed E-state index contributed by atoms with van der Waals surface area (Å²) in [4.78, 5) is 17.0. The molecule has 2 aliphatic rings. The topological polar surface area (TPSA) is 50.6 Å². The molecule has 1 aromatic heterocycles. The number of fused-ring (bicyclic) bond motifs is 1. The largest absolute Gasteiger partial charge is 0.379 e. The van der Waals surface area contributed by atoms with Gasteiger partial charge in [0.2, 0.25) is 5.91 Å². The van der Waals surface area contributed by atoms with Crippen LogP contribution in [0.15, 0.2) is 30.3 Å². The smallest absolute Gasteiger partial charge is 0.236 e. The number of amides is 1. The molecule has 1 amide bonds. The molecule has 0 spiro atoms. The molecule has 3 heterocycles. The fourth-order valence-corrected chi connectivity index (χ4v) is 3.91. The molecule has 6 nitrogen and oxygen atoms in total. The molecule has 0 aliphatic carbocycles. The third-order valence-electron chi connectivity index (χ3n) is 5.39. The highest BCUT2D eigenvalue weighted by Crippen LogP contribution is 2.27. The number of rotatable bonds is 3. The van der Waals surface area contributed by atoms with Gasteiger partial charge in [-0.3, -0.25) is 14.4 Å². The fraction of sp³-hybridized carbons (Fsp3) is 0.500. The number of nitrogens with zero attached hydrogens (tertiary/aromatic N) is 4. The third-order valence-corrected chi connectivity index (χ3v) is 5.39. The molecule has 2 aliphatic heterocycles. The summed E-state index contributed by atoms with van der Waals surface area (Å²) in [5.74, 6) is 0.230. The minimum Gasteiger partial charge on any atom is -0.379 e. The van der Waals surface area contributed by atoms with Crippen molar-refractivity contribution in [3.05, 3.63) is 41.6 Å². The Morgan fingerprint density at radius 2 is 1.81 bits per heavy atom. The van der Waals surface area contributed by atoms with Crippen LogP contribution in [0.25, 0.3) is 11.3 Å². The minimum absolute atomic E-state index is 0.230. The zero-order valence-electron chi connectivity index (χ0n) is 15.4. The highest BCUT2D eigenvalue weighted by molar-refractivity contribution is 5.78. The summed E-state index contributed by atoms with van der Waals surface area (Å²) in [6, 6.07) is 10.3. The van der Waals surface area contributed by atoms with Crippen molar-refractivity contribution in [2.45, 2.75) is 12.8 Å². The molecular formula is C20H26N4O2. The Hall–Kier alpha value is -2.18. The zero-order valence-corrected chi connectivity index (χ0v) is 15.4. The van der Waals surface area contributed by atoms with E-state index in [1.54, 1.807) is 0 Å². The molecule has 0 unspecified atom stereocenters. The lowest BCUT2D eigenvalue weighted by Crippen LogP contribution is -2.45. The Kier molecular flexibility index (Phi) is 5.04. The van der Waals surface area contributed by atoms with E-state index in [0.29, 0.717) is 6.54 Å². The predicted octanol–water partition coefficient (Wildman–Crippen LogP) is 1.35. The summed E-state index contributed by atoms with van der Waals surface area (Å²) in [6.45, 7) is 5.19. The predicted molar refractivity (Wildman–Crippen MR) is 99.9 cm³/mol. The number of aromatic nitrogens is 2. The number of aryl methyl sites for hydroxylation is 1. The SMILES string of the molecule is Cn1nc(-c2ccccc2)c2c1CCN(C(=O)CN1CCOCC1)CC2. The second kappa shape index (κ2) is 7.60. The van der Waals surface area contributed by atoms with E-state index in [0.717, 1.165) is 63.5 Å². The van der Waals surface area contributed by atoms with Crippen LogP contribution in [0.4, 0.5) is 0 Å². The highest BCUT2D eigenvalue weighted by Gasteiger charge is 2.25. The van der Waals surface area contributed by atoms with Crippen LogP contribution in [-0.4, -0.2) is 71.4 Å². The molecule has 0 N–H and O–H groups in total. The fourth-order valence-electron chi connectivity index (χ4n) is 3.91. The summed E-state index contributed by atoms with van der Waals surface area (Å²) in [5, 5.41) is 4.76. The van der Waals surface area contributed by atoms with Crippen molar-refractivity contribution in [3.8, 4) is 11.3 Å². The standard InChI is InChI=1S/C20H26N4O2/c1-22-18-8-10-24(19(25)15-23-11-13-26-14-12-23)9-7-17(18)20(21-22)16-5-3-2-4-6-16/h2-6H,7-15H2,1H3. The second-order valence-corrected chi connectivity index (χ2v) is 7.03. The van der Waals surface area contributed by atoms with Crippen LogP contribution in [0.5, 0.6) is 0 Å². The van der Waals surface area contributed by atoms with E-state index in [2.05, 4.69) is 17.0 Å². The van der Waals surface area contributed by atoms with Crippen molar-refractivity contribution < 1.29 is 9.53 Å². The van der Waals surface area contributed by atoms with Crippen molar-refractivity contribution in [2.75, 3.05) is 45.9 Å². The normalized spacial score (nSPS) is 18.4. The third kappa shape index (κ3) is 3.52. The maximum atomic E-state index is 12.8. The van der Waals surface area contributed by atoms with Crippen molar-refractivity contribution in [1.29, 1.82) is 0 Å². The summed E-state index contributed by atoms with van der Waals surface area (Å²) >= 11 is 0. The number of hydrogen-bond acceptors (Lipinski definition) is 4. The molecule has 0 radical (unpaired) electrons. The molecule has 0 bridgehead atoms. The number of hydrogen-bond donors (Lipinski definition) is 0. The molecule has 138 valence electrons.